The Kier molecular flexibility index (Phi) is 7.54. The van der Waals surface area contributed by atoms with Gasteiger partial charge in [-0.3, -0.25) is 5.01 Å². The van der Waals surface area contributed by atoms with Crippen LogP contribution in [0.3, 0.4) is 0 Å². The minimum absolute atomic E-state index is 0.251. The van der Waals surface area contributed by atoms with E-state index in [9.17, 15) is 13.2 Å². The second-order valence-corrected chi connectivity index (χ2v) is 7.79. The average molecular weight is 470 g/mol. The van der Waals surface area contributed by atoms with Gasteiger partial charge in [-0.1, -0.05) is 24.3 Å². The Morgan fingerprint density at radius 3 is 2.50 bits per heavy atom. The third-order valence-electron chi connectivity index (χ3n) is 5.20. The molecule has 34 heavy (non-hydrogen) atoms. The Morgan fingerprint density at radius 2 is 1.79 bits per heavy atom. The summed E-state index contributed by atoms with van der Waals surface area (Å²) in [6.07, 6.45) is 7.41. The highest BCUT2D eigenvalue weighted by molar-refractivity contribution is 5.66. The number of hydrogen-bond acceptors (Lipinski definition) is 6. The molecule has 4 rings (SSSR count). The van der Waals surface area contributed by atoms with E-state index in [0.29, 0.717) is 17.1 Å². The van der Waals surface area contributed by atoms with E-state index < -0.39 is 11.7 Å². The fourth-order valence-electron chi connectivity index (χ4n) is 3.35. The first-order chi connectivity index (χ1) is 16.5. The standard InChI is InChI=1S/C25H25F3N4O2/c26-25(27,28)21-9-4-20(5-10-21)8-13-24-30-22(18-34-24)17-33-23-11-6-19(7-12-23)3-1-2-15-32-16-14-29-31-32/h4-14,16,18,29,31H,1-3,15,17H2/b13-8+. The largest absolute Gasteiger partial charge is 0.487 e. The first-order valence-corrected chi connectivity index (χ1v) is 10.9. The highest BCUT2D eigenvalue weighted by Gasteiger charge is 2.29. The number of halogens is 3. The summed E-state index contributed by atoms with van der Waals surface area (Å²) in [5, 5.41) is 2.01. The molecule has 3 aromatic rings. The molecule has 9 heteroatoms. The third-order valence-corrected chi connectivity index (χ3v) is 5.20. The molecule has 0 atom stereocenters. The smallest absolute Gasteiger partial charge is 0.416 e. The highest BCUT2D eigenvalue weighted by atomic mass is 19.4. The molecule has 1 aliphatic heterocycles. The Hall–Kier alpha value is -3.72. The number of unbranched alkanes of at least 4 members (excludes halogenated alkanes) is 1. The van der Waals surface area contributed by atoms with Crippen LogP contribution in [-0.2, 0) is 19.2 Å². The zero-order chi connectivity index (χ0) is 23.8. The number of benzene rings is 2. The van der Waals surface area contributed by atoms with Crippen LogP contribution in [0.4, 0.5) is 13.2 Å². The summed E-state index contributed by atoms with van der Waals surface area (Å²) in [6.45, 7) is 1.20. The van der Waals surface area contributed by atoms with Gasteiger partial charge in [0.2, 0.25) is 5.89 Å². The summed E-state index contributed by atoms with van der Waals surface area (Å²) < 4.78 is 49.1. The highest BCUT2D eigenvalue weighted by Crippen LogP contribution is 2.29. The van der Waals surface area contributed by atoms with Crippen LogP contribution in [0.1, 0.15) is 41.1 Å². The number of nitrogens with zero attached hydrogens (tertiary/aromatic N) is 2. The van der Waals surface area contributed by atoms with Crippen LogP contribution in [0.2, 0.25) is 0 Å². The van der Waals surface area contributed by atoms with Crippen molar-refractivity contribution < 1.29 is 22.3 Å². The van der Waals surface area contributed by atoms with E-state index in [1.165, 1.54) is 24.0 Å². The van der Waals surface area contributed by atoms with Crippen LogP contribution in [-0.4, -0.2) is 16.5 Å². The first kappa shape index (κ1) is 23.4. The van der Waals surface area contributed by atoms with E-state index in [0.717, 1.165) is 43.7 Å². The molecule has 0 bridgehead atoms. The fraction of sp³-hybridized carbons (Fsp3) is 0.240. The molecule has 178 valence electrons. The van der Waals surface area contributed by atoms with Gasteiger partial charge in [-0.05, 0) is 60.7 Å². The van der Waals surface area contributed by atoms with Crippen molar-refractivity contribution in [1.29, 1.82) is 0 Å². The minimum atomic E-state index is -4.35. The van der Waals surface area contributed by atoms with Gasteiger partial charge in [0, 0.05) is 25.0 Å². The summed E-state index contributed by atoms with van der Waals surface area (Å²) in [7, 11) is 0. The molecule has 0 fully saturated rings. The van der Waals surface area contributed by atoms with Crippen LogP contribution >= 0.6 is 0 Å². The molecule has 1 aromatic heterocycles. The van der Waals surface area contributed by atoms with Gasteiger partial charge in [-0.15, -0.1) is 5.53 Å². The number of rotatable bonds is 10. The van der Waals surface area contributed by atoms with Gasteiger partial charge in [-0.25, -0.2) is 4.98 Å². The van der Waals surface area contributed by atoms with E-state index >= 15 is 0 Å². The lowest BCUT2D eigenvalue weighted by atomic mass is 10.1. The molecule has 2 N–H and O–H groups in total. The number of hydrazine groups is 2. The van der Waals surface area contributed by atoms with Gasteiger partial charge in [-0.2, -0.15) is 13.2 Å². The van der Waals surface area contributed by atoms with Crippen molar-refractivity contribution in [3.8, 4) is 5.75 Å². The number of oxazole rings is 1. The summed E-state index contributed by atoms with van der Waals surface area (Å²) in [4.78, 5) is 4.32. The molecular weight excluding hydrogens is 445 g/mol. The van der Waals surface area contributed by atoms with E-state index in [1.54, 1.807) is 12.2 Å². The molecule has 0 radical (unpaired) electrons. The minimum Gasteiger partial charge on any atom is -0.487 e. The number of aromatic nitrogens is 1. The maximum absolute atomic E-state index is 12.6. The lowest BCUT2D eigenvalue weighted by molar-refractivity contribution is -0.137. The molecule has 2 heterocycles. The van der Waals surface area contributed by atoms with E-state index in [1.807, 2.05) is 29.5 Å². The van der Waals surface area contributed by atoms with Crippen molar-refractivity contribution in [1.82, 2.24) is 21.0 Å². The fourth-order valence-corrected chi connectivity index (χ4v) is 3.35. The van der Waals surface area contributed by atoms with E-state index in [4.69, 9.17) is 9.15 Å². The first-order valence-electron chi connectivity index (χ1n) is 10.9. The van der Waals surface area contributed by atoms with Crippen molar-refractivity contribution in [3.63, 3.8) is 0 Å². The Balaban J connectivity index is 1.20. The number of nitrogens with one attached hydrogen (secondary N) is 2. The van der Waals surface area contributed by atoms with Gasteiger partial charge < -0.3 is 14.6 Å². The topological polar surface area (TPSA) is 62.6 Å². The van der Waals surface area contributed by atoms with Crippen molar-refractivity contribution in [3.05, 3.63) is 95.5 Å². The third kappa shape index (κ3) is 6.89. The SMILES string of the molecule is FC(F)(F)c1ccc(/C=C/c2nc(COc3ccc(CCCCN4C=CNN4)cc3)co2)cc1. The maximum Gasteiger partial charge on any atom is 0.416 e. The summed E-state index contributed by atoms with van der Waals surface area (Å²) in [5.74, 6) is 1.09. The van der Waals surface area contributed by atoms with Gasteiger partial charge >= 0.3 is 6.18 Å². The number of hydrogen-bond donors (Lipinski definition) is 2. The van der Waals surface area contributed by atoms with Gasteiger partial charge in [0.15, 0.2) is 0 Å². The summed E-state index contributed by atoms with van der Waals surface area (Å²) in [5.41, 5.74) is 7.75. The van der Waals surface area contributed by atoms with Crippen molar-refractivity contribution in [2.24, 2.45) is 0 Å². The molecule has 1 aliphatic rings. The predicted molar refractivity (Wildman–Crippen MR) is 123 cm³/mol. The van der Waals surface area contributed by atoms with Crippen molar-refractivity contribution in [2.75, 3.05) is 6.54 Å². The zero-order valence-electron chi connectivity index (χ0n) is 18.4. The quantitative estimate of drug-likeness (QED) is 0.378. The average Bonchev–Trinajstić information content (AvgIpc) is 3.52. The Morgan fingerprint density at radius 1 is 1.00 bits per heavy atom. The van der Waals surface area contributed by atoms with Gasteiger partial charge in [0.1, 0.15) is 24.3 Å². The van der Waals surface area contributed by atoms with Crippen LogP contribution in [0.15, 0.2) is 71.6 Å². The maximum atomic E-state index is 12.6. The molecule has 0 saturated heterocycles. The second kappa shape index (κ2) is 10.9. The van der Waals surface area contributed by atoms with Crippen LogP contribution in [0, 0.1) is 0 Å². The summed E-state index contributed by atoms with van der Waals surface area (Å²) >= 11 is 0. The number of ether oxygens (including phenoxy) is 1. The second-order valence-electron chi connectivity index (χ2n) is 7.79. The molecule has 0 saturated carbocycles. The number of alkyl halides is 3. The zero-order valence-corrected chi connectivity index (χ0v) is 18.4. The molecule has 2 aromatic carbocycles. The Labute approximate surface area is 195 Å². The van der Waals surface area contributed by atoms with Crippen LogP contribution in [0.5, 0.6) is 5.75 Å². The van der Waals surface area contributed by atoms with Gasteiger partial charge in [0.25, 0.3) is 0 Å². The molecule has 0 amide bonds. The number of aryl methyl sites for hydroxylation is 1. The Bertz CT molecular complexity index is 1110. The van der Waals surface area contributed by atoms with Crippen molar-refractivity contribution in [2.45, 2.75) is 32.0 Å². The monoisotopic (exact) mass is 470 g/mol. The molecular formula is C25H25F3N4O2. The van der Waals surface area contributed by atoms with Crippen LogP contribution < -0.4 is 15.7 Å². The predicted octanol–water partition coefficient (Wildman–Crippen LogP) is 5.56. The molecule has 0 unspecified atom stereocenters. The summed E-state index contributed by atoms with van der Waals surface area (Å²) in [6, 6.07) is 12.9. The van der Waals surface area contributed by atoms with Crippen LogP contribution in [0.25, 0.3) is 12.2 Å². The lowest BCUT2D eigenvalue weighted by Crippen LogP contribution is -2.35. The molecule has 0 aliphatic carbocycles. The lowest BCUT2D eigenvalue weighted by Gasteiger charge is -2.14. The molecule has 6 nitrogen and oxygen atoms in total. The normalized spacial score (nSPS) is 13.6. The molecule has 0 spiro atoms. The van der Waals surface area contributed by atoms with E-state index in [2.05, 4.69) is 28.1 Å². The van der Waals surface area contributed by atoms with Gasteiger partial charge in [0.05, 0.1) is 5.56 Å². The van der Waals surface area contributed by atoms with E-state index in [-0.39, 0.29) is 6.61 Å². The van der Waals surface area contributed by atoms with Crippen molar-refractivity contribution >= 4 is 12.2 Å².